The van der Waals surface area contributed by atoms with Gasteiger partial charge < -0.3 is 4.74 Å². The fourth-order valence-corrected chi connectivity index (χ4v) is 1.79. The molecule has 0 heterocycles. The van der Waals surface area contributed by atoms with Crippen LogP contribution in [0.1, 0.15) is 34.0 Å². The summed E-state index contributed by atoms with van der Waals surface area (Å²) in [6, 6.07) is 5.25. The maximum absolute atomic E-state index is 11.6. The van der Waals surface area contributed by atoms with E-state index in [2.05, 4.69) is 6.07 Å². The zero-order valence-electron chi connectivity index (χ0n) is 9.21. The highest BCUT2D eigenvalue weighted by molar-refractivity contribution is 6.17. The summed E-state index contributed by atoms with van der Waals surface area (Å²) in [4.78, 5) is 11.6. The molecule has 0 aliphatic carbocycles. The second kappa shape index (κ2) is 5.53. The fraction of sp³-hybridized carbons (Fsp3) is 0.333. The topological polar surface area (TPSA) is 50.1 Å². The molecular formula is C12H12ClNO2. The molecule has 84 valence electrons. The molecule has 3 nitrogen and oxygen atoms in total. The number of alkyl halides is 1. The van der Waals surface area contributed by atoms with E-state index in [1.807, 2.05) is 0 Å². The van der Waals surface area contributed by atoms with Crippen molar-refractivity contribution in [2.45, 2.75) is 19.7 Å². The summed E-state index contributed by atoms with van der Waals surface area (Å²) >= 11 is 5.79. The third kappa shape index (κ3) is 2.34. The minimum absolute atomic E-state index is 0.190. The number of halogens is 1. The molecule has 0 amide bonds. The summed E-state index contributed by atoms with van der Waals surface area (Å²) in [5.41, 5.74) is 2.37. The number of nitriles is 1. The van der Waals surface area contributed by atoms with Crippen LogP contribution < -0.4 is 0 Å². The van der Waals surface area contributed by atoms with Gasteiger partial charge in [0.1, 0.15) is 0 Å². The van der Waals surface area contributed by atoms with Crippen LogP contribution >= 0.6 is 11.6 Å². The second-order valence-electron chi connectivity index (χ2n) is 3.23. The highest BCUT2D eigenvalue weighted by Crippen LogP contribution is 2.21. The van der Waals surface area contributed by atoms with E-state index >= 15 is 0 Å². The van der Waals surface area contributed by atoms with Crippen LogP contribution in [-0.4, -0.2) is 12.6 Å². The maximum Gasteiger partial charge on any atom is 0.338 e. The molecule has 4 heteroatoms. The first kappa shape index (κ1) is 12.5. The van der Waals surface area contributed by atoms with E-state index < -0.39 is 5.97 Å². The zero-order chi connectivity index (χ0) is 12.1. The van der Waals surface area contributed by atoms with Crippen LogP contribution in [0.3, 0.4) is 0 Å². The Balaban J connectivity index is 3.27. The molecule has 0 saturated carbocycles. The van der Waals surface area contributed by atoms with Gasteiger partial charge in [0, 0.05) is 5.88 Å². The first-order valence-electron chi connectivity index (χ1n) is 4.91. The Hall–Kier alpha value is -1.53. The van der Waals surface area contributed by atoms with E-state index in [9.17, 15) is 4.79 Å². The van der Waals surface area contributed by atoms with Gasteiger partial charge in [0.15, 0.2) is 0 Å². The molecule has 0 aliphatic rings. The zero-order valence-corrected chi connectivity index (χ0v) is 9.97. The lowest BCUT2D eigenvalue weighted by molar-refractivity contribution is 0.0525. The van der Waals surface area contributed by atoms with Gasteiger partial charge >= 0.3 is 5.97 Å². The van der Waals surface area contributed by atoms with Crippen molar-refractivity contribution in [3.63, 3.8) is 0 Å². The largest absolute Gasteiger partial charge is 0.462 e. The van der Waals surface area contributed by atoms with Crippen molar-refractivity contribution in [1.82, 2.24) is 0 Å². The van der Waals surface area contributed by atoms with Crippen molar-refractivity contribution < 1.29 is 9.53 Å². The Labute approximate surface area is 99.6 Å². The number of hydrogen-bond donors (Lipinski definition) is 0. The van der Waals surface area contributed by atoms with E-state index in [4.69, 9.17) is 21.6 Å². The van der Waals surface area contributed by atoms with Crippen molar-refractivity contribution in [1.29, 1.82) is 5.26 Å². The lowest BCUT2D eigenvalue weighted by Gasteiger charge is -2.10. The Morgan fingerprint density at radius 3 is 2.75 bits per heavy atom. The summed E-state index contributed by atoms with van der Waals surface area (Å²) in [5, 5.41) is 8.86. The minimum atomic E-state index is -0.397. The predicted molar refractivity (Wildman–Crippen MR) is 61.4 cm³/mol. The van der Waals surface area contributed by atoms with Gasteiger partial charge in [-0.1, -0.05) is 0 Å². The summed E-state index contributed by atoms with van der Waals surface area (Å²) in [5.74, 6) is -0.207. The number of hydrogen-bond acceptors (Lipinski definition) is 3. The van der Waals surface area contributed by atoms with Gasteiger partial charge in [0.2, 0.25) is 0 Å². The van der Waals surface area contributed by atoms with E-state index in [-0.39, 0.29) is 5.88 Å². The Kier molecular flexibility index (Phi) is 4.33. The maximum atomic E-state index is 11.6. The van der Waals surface area contributed by atoms with Gasteiger partial charge in [0.05, 0.1) is 23.8 Å². The number of nitrogens with zero attached hydrogens (tertiary/aromatic N) is 1. The van der Waals surface area contributed by atoms with Crippen LogP contribution in [0.25, 0.3) is 0 Å². The molecule has 0 fully saturated rings. The summed E-state index contributed by atoms with van der Waals surface area (Å²) in [6.45, 7) is 3.84. The van der Waals surface area contributed by atoms with Crippen LogP contribution in [-0.2, 0) is 10.6 Å². The predicted octanol–water partition coefficient (Wildman–Crippen LogP) is 2.78. The molecular weight excluding hydrogens is 226 g/mol. The Bertz CT molecular complexity index is 449. The fourth-order valence-electron chi connectivity index (χ4n) is 1.45. The van der Waals surface area contributed by atoms with Gasteiger partial charge in [0.25, 0.3) is 0 Å². The molecule has 0 bridgehead atoms. The van der Waals surface area contributed by atoms with Crippen LogP contribution in [0.2, 0.25) is 0 Å². The molecule has 0 aromatic heterocycles. The lowest BCUT2D eigenvalue weighted by Crippen LogP contribution is -2.09. The van der Waals surface area contributed by atoms with Gasteiger partial charge in [-0.15, -0.1) is 11.6 Å². The summed E-state index contributed by atoms with van der Waals surface area (Å²) in [6.07, 6.45) is 0. The number of esters is 1. The van der Waals surface area contributed by atoms with E-state index in [1.54, 1.807) is 26.0 Å². The summed E-state index contributed by atoms with van der Waals surface area (Å²) in [7, 11) is 0. The molecule has 0 aliphatic heterocycles. The number of rotatable bonds is 3. The molecule has 0 unspecified atom stereocenters. The number of carbonyl (C=O) groups excluding carboxylic acids is 1. The number of ether oxygens (including phenoxy) is 1. The van der Waals surface area contributed by atoms with Crippen molar-refractivity contribution in [2.75, 3.05) is 6.61 Å². The minimum Gasteiger partial charge on any atom is -0.462 e. The quantitative estimate of drug-likeness (QED) is 0.600. The van der Waals surface area contributed by atoms with Crippen molar-refractivity contribution in [3.05, 3.63) is 34.4 Å². The monoisotopic (exact) mass is 237 g/mol. The molecule has 0 N–H and O–H groups in total. The van der Waals surface area contributed by atoms with Crippen LogP contribution in [0.5, 0.6) is 0 Å². The first-order chi connectivity index (χ1) is 7.65. The van der Waals surface area contributed by atoms with Crippen molar-refractivity contribution in [3.8, 4) is 6.07 Å². The molecule has 0 spiro atoms. The standard InChI is InChI=1S/C12H12ClNO2/c1-3-16-12(15)10-5-4-9(7-14)8(2)11(10)6-13/h4-5H,3,6H2,1-2H3. The SMILES string of the molecule is CCOC(=O)c1ccc(C#N)c(C)c1CCl. The van der Waals surface area contributed by atoms with E-state index in [0.29, 0.717) is 23.3 Å². The number of benzene rings is 1. The van der Waals surface area contributed by atoms with Crippen molar-refractivity contribution >= 4 is 17.6 Å². The molecule has 1 aromatic rings. The van der Waals surface area contributed by atoms with Gasteiger partial charge in [-0.3, -0.25) is 0 Å². The molecule has 16 heavy (non-hydrogen) atoms. The average Bonchev–Trinajstić information content (AvgIpc) is 2.28. The Morgan fingerprint density at radius 1 is 1.56 bits per heavy atom. The third-order valence-corrected chi connectivity index (χ3v) is 2.62. The van der Waals surface area contributed by atoms with Crippen LogP contribution in [0.4, 0.5) is 0 Å². The van der Waals surface area contributed by atoms with Gasteiger partial charge in [-0.05, 0) is 37.1 Å². The lowest BCUT2D eigenvalue weighted by atomic mass is 9.98. The highest BCUT2D eigenvalue weighted by atomic mass is 35.5. The van der Waals surface area contributed by atoms with E-state index in [0.717, 1.165) is 5.56 Å². The Morgan fingerprint density at radius 2 is 2.25 bits per heavy atom. The number of carbonyl (C=O) groups is 1. The normalized spacial score (nSPS) is 9.62. The van der Waals surface area contributed by atoms with Crippen LogP contribution in [0, 0.1) is 18.3 Å². The molecule has 1 rings (SSSR count). The van der Waals surface area contributed by atoms with Crippen LogP contribution in [0.15, 0.2) is 12.1 Å². The molecule has 0 saturated heterocycles. The van der Waals surface area contributed by atoms with Gasteiger partial charge in [-0.2, -0.15) is 5.26 Å². The molecule has 0 radical (unpaired) electrons. The highest BCUT2D eigenvalue weighted by Gasteiger charge is 2.15. The smallest absolute Gasteiger partial charge is 0.338 e. The second-order valence-corrected chi connectivity index (χ2v) is 3.50. The molecule has 1 aromatic carbocycles. The first-order valence-corrected chi connectivity index (χ1v) is 5.44. The van der Waals surface area contributed by atoms with Gasteiger partial charge in [-0.25, -0.2) is 4.79 Å². The third-order valence-electron chi connectivity index (χ3n) is 2.35. The van der Waals surface area contributed by atoms with E-state index in [1.165, 1.54) is 0 Å². The summed E-state index contributed by atoms with van der Waals surface area (Å²) < 4.78 is 4.92. The molecule has 0 atom stereocenters. The van der Waals surface area contributed by atoms with Crippen molar-refractivity contribution in [2.24, 2.45) is 0 Å². The average molecular weight is 238 g/mol.